The lowest BCUT2D eigenvalue weighted by Gasteiger charge is -2.35. The van der Waals surface area contributed by atoms with Crippen LogP contribution in [-0.2, 0) is 6.54 Å². The number of nitrogens with one attached hydrogen (secondary N) is 2. The van der Waals surface area contributed by atoms with E-state index in [1.165, 1.54) is 12.1 Å². The van der Waals surface area contributed by atoms with Gasteiger partial charge in [-0.15, -0.1) is 6.42 Å². The van der Waals surface area contributed by atoms with Crippen molar-refractivity contribution in [2.24, 2.45) is 5.41 Å². The molecule has 3 heterocycles. The molecule has 1 saturated heterocycles. The molecule has 8 heteroatoms. The van der Waals surface area contributed by atoms with Crippen molar-refractivity contribution in [3.05, 3.63) is 87.9 Å². The van der Waals surface area contributed by atoms with Crippen molar-refractivity contribution < 1.29 is 8.78 Å². The monoisotopic (exact) mass is 540 g/mol. The third kappa shape index (κ3) is 6.83. The van der Waals surface area contributed by atoms with Crippen LogP contribution in [0.15, 0.2) is 59.6 Å². The number of hydrogen-bond donors (Lipinski definition) is 2. The number of benzene rings is 1. The number of pyridine rings is 1. The summed E-state index contributed by atoms with van der Waals surface area (Å²) < 4.78 is 28.1. The molecule has 0 spiro atoms. The zero-order chi connectivity index (χ0) is 28.9. The van der Waals surface area contributed by atoms with E-state index < -0.39 is 11.6 Å². The summed E-state index contributed by atoms with van der Waals surface area (Å²) in [7, 11) is 0. The summed E-state index contributed by atoms with van der Waals surface area (Å²) in [4.78, 5) is 9.05. The van der Waals surface area contributed by atoms with Gasteiger partial charge < -0.3 is 15.6 Å². The number of terminal acetylenes is 1. The maximum Gasteiger partial charge on any atom is 0.142 e. The average Bonchev–Trinajstić information content (AvgIpc) is 2.93. The first kappa shape index (κ1) is 28.7. The Labute approximate surface area is 235 Å². The summed E-state index contributed by atoms with van der Waals surface area (Å²) in [6.07, 6.45) is 14.0. The second-order valence-electron chi connectivity index (χ2n) is 11.3. The van der Waals surface area contributed by atoms with Crippen LogP contribution < -0.4 is 10.2 Å². The molecule has 6 nitrogen and oxygen atoms in total. The average molecular weight is 541 g/mol. The number of nitrogens with zero attached hydrogens (tertiary/aromatic N) is 4. The highest BCUT2D eigenvalue weighted by atomic mass is 19.1. The Kier molecular flexibility index (Phi) is 8.82. The number of anilines is 1. The number of nitriles is 1. The molecular formula is C32H34F2N6. The topological polar surface area (TPSA) is 79.0 Å². The maximum absolute atomic E-state index is 14.1. The van der Waals surface area contributed by atoms with Gasteiger partial charge in [-0.3, -0.25) is 4.90 Å². The lowest BCUT2D eigenvalue weighted by molar-refractivity contribution is 0.248. The third-order valence-electron chi connectivity index (χ3n) is 7.11. The Morgan fingerprint density at radius 3 is 2.42 bits per heavy atom. The van der Waals surface area contributed by atoms with Gasteiger partial charge in [-0.05, 0) is 59.7 Å². The smallest absolute Gasteiger partial charge is 0.142 e. The summed E-state index contributed by atoms with van der Waals surface area (Å²) in [6.45, 7) is 9.96. The van der Waals surface area contributed by atoms with E-state index >= 15 is 0 Å². The molecule has 0 aliphatic carbocycles. The Morgan fingerprint density at radius 1 is 1.18 bits per heavy atom. The molecule has 2 aliphatic rings. The molecule has 0 bridgehead atoms. The maximum atomic E-state index is 14.1. The summed E-state index contributed by atoms with van der Waals surface area (Å²) in [5.41, 5.74) is 4.11. The van der Waals surface area contributed by atoms with Gasteiger partial charge >= 0.3 is 0 Å². The van der Waals surface area contributed by atoms with Gasteiger partial charge in [0.2, 0.25) is 0 Å². The van der Waals surface area contributed by atoms with Crippen molar-refractivity contribution >= 4 is 17.6 Å². The molecule has 4 rings (SSSR count). The molecule has 0 atom stereocenters. The van der Waals surface area contributed by atoms with Crippen LogP contribution >= 0.6 is 0 Å². The Bertz CT molecular complexity index is 1420. The second-order valence-corrected chi connectivity index (χ2v) is 11.3. The van der Waals surface area contributed by atoms with E-state index in [1.807, 2.05) is 18.3 Å². The second kappa shape index (κ2) is 12.3. The van der Waals surface area contributed by atoms with Crippen molar-refractivity contribution in [3.8, 4) is 18.4 Å². The molecule has 0 saturated carbocycles. The Balaban J connectivity index is 1.45. The van der Waals surface area contributed by atoms with Crippen molar-refractivity contribution in [2.75, 3.05) is 31.1 Å². The zero-order valence-electron chi connectivity index (χ0n) is 23.2. The van der Waals surface area contributed by atoms with Crippen molar-refractivity contribution in [1.29, 1.82) is 10.7 Å². The highest BCUT2D eigenvalue weighted by molar-refractivity contribution is 5.93. The number of rotatable bonds is 7. The van der Waals surface area contributed by atoms with Crippen LogP contribution in [0.4, 0.5) is 14.6 Å². The van der Waals surface area contributed by atoms with Gasteiger partial charge in [-0.1, -0.05) is 26.7 Å². The number of dihydropyridines is 1. The van der Waals surface area contributed by atoms with Crippen molar-refractivity contribution in [1.82, 2.24) is 15.2 Å². The number of allylic oxidation sites excluding steroid dienone is 4. The van der Waals surface area contributed by atoms with Gasteiger partial charge in [-0.25, -0.2) is 13.8 Å². The van der Waals surface area contributed by atoms with Crippen LogP contribution in [0.1, 0.15) is 50.3 Å². The molecule has 0 unspecified atom stereocenters. The van der Waals surface area contributed by atoms with Crippen LogP contribution in [0.5, 0.6) is 0 Å². The van der Waals surface area contributed by atoms with E-state index in [1.54, 1.807) is 6.20 Å². The van der Waals surface area contributed by atoms with E-state index in [4.69, 9.17) is 16.8 Å². The van der Waals surface area contributed by atoms with E-state index in [2.05, 4.69) is 54.0 Å². The van der Waals surface area contributed by atoms with Gasteiger partial charge in [-0.2, -0.15) is 5.26 Å². The SMILES string of the molecule is C#Cc1c(F)cc(CN2CCN(c3ccc(C4=CC(CCC(C)(C)C)=CN/C4=C(/C#N)C=N)cn3)CC2)cc1F. The first-order valence-corrected chi connectivity index (χ1v) is 13.3. The van der Waals surface area contributed by atoms with E-state index in [0.29, 0.717) is 17.8 Å². The molecular weight excluding hydrogens is 506 g/mol. The van der Waals surface area contributed by atoms with Crippen molar-refractivity contribution in [3.63, 3.8) is 0 Å². The molecule has 0 amide bonds. The van der Waals surface area contributed by atoms with Gasteiger partial charge in [0.25, 0.3) is 0 Å². The summed E-state index contributed by atoms with van der Waals surface area (Å²) in [5, 5.41) is 20.5. The normalized spacial score (nSPS) is 17.2. The summed E-state index contributed by atoms with van der Waals surface area (Å²) in [6, 6.07) is 8.69. The van der Waals surface area contributed by atoms with Crippen molar-refractivity contribution in [2.45, 2.75) is 40.2 Å². The van der Waals surface area contributed by atoms with Crippen LogP contribution in [0, 0.1) is 46.1 Å². The molecule has 2 aromatic rings. The van der Waals surface area contributed by atoms with Crippen LogP contribution in [-0.4, -0.2) is 42.3 Å². The molecule has 1 aromatic carbocycles. The number of piperazine rings is 1. The first-order valence-electron chi connectivity index (χ1n) is 13.3. The standard InChI is InChI=1S/C32H34F2N6/c1-5-26-28(33)15-23(16-29(26)34)21-39-10-12-40(13-11-39)30-7-6-24(20-37-30)27-14-22(8-9-32(2,3)4)19-38-31(27)25(17-35)18-36/h1,6-7,14-17,19-20,35,38H,8-13,21H2,2-4H3/b31-25+,35-17?. The predicted octanol–water partition coefficient (Wildman–Crippen LogP) is 5.79. The molecule has 2 N–H and O–H groups in total. The predicted molar refractivity (Wildman–Crippen MR) is 155 cm³/mol. The largest absolute Gasteiger partial charge is 0.360 e. The fraction of sp³-hybridized carbons (Fsp3) is 0.344. The van der Waals surface area contributed by atoms with Crippen LogP contribution in [0.25, 0.3) is 5.57 Å². The van der Waals surface area contributed by atoms with Crippen LogP contribution in [0.3, 0.4) is 0 Å². The number of hydrogen-bond acceptors (Lipinski definition) is 6. The Hall–Kier alpha value is -4.27. The van der Waals surface area contributed by atoms with Gasteiger partial charge in [0.15, 0.2) is 0 Å². The van der Waals surface area contributed by atoms with E-state index in [9.17, 15) is 14.0 Å². The minimum Gasteiger partial charge on any atom is -0.360 e. The third-order valence-corrected chi connectivity index (χ3v) is 7.11. The number of aromatic nitrogens is 1. The Morgan fingerprint density at radius 2 is 1.88 bits per heavy atom. The quantitative estimate of drug-likeness (QED) is 0.264. The minimum atomic E-state index is -0.707. The molecule has 40 heavy (non-hydrogen) atoms. The van der Waals surface area contributed by atoms with Crippen LogP contribution in [0.2, 0.25) is 0 Å². The van der Waals surface area contributed by atoms with Gasteiger partial charge in [0.05, 0.1) is 16.8 Å². The lowest BCUT2D eigenvalue weighted by Crippen LogP contribution is -2.46. The molecule has 1 aromatic heterocycles. The molecule has 0 radical (unpaired) electrons. The van der Waals surface area contributed by atoms with Gasteiger partial charge in [0, 0.05) is 62.5 Å². The highest BCUT2D eigenvalue weighted by Crippen LogP contribution is 2.32. The molecule has 206 valence electrons. The first-order chi connectivity index (χ1) is 19.1. The molecule has 1 fully saturated rings. The van der Waals surface area contributed by atoms with E-state index in [0.717, 1.165) is 67.8 Å². The highest BCUT2D eigenvalue weighted by Gasteiger charge is 2.22. The fourth-order valence-corrected chi connectivity index (χ4v) is 4.80. The lowest BCUT2D eigenvalue weighted by atomic mass is 9.87. The molecule has 2 aliphatic heterocycles. The van der Waals surface area contributed by atoms with Gasteiger partial charge in [0.1, 0.15) is 23.5 Å². The van der Waals surface area contributed by atoms with E-state index in [-0.39, 0.29) is 16.6 Å². The number of halogens is 2. The summed E-state index contributed by atoms with van der Waals surface area (Å²) in [5.74, 6) is 1.48. The zero-order valence-corrected chi connectivity index (χ0v) is 23.2. The minimum absolute atomic E-state index is 0.198. The summed E-state index contributed by atoms with van der Waals surface area (Å²) >= 11 is 0. The fourth-order valence-electron chi connectivity index (χ4n) is 4.80.